The van der Waals surface area contributed by atoms with Gasteiger partial charge in [0.1, 0.15) is 17.6 Å². The van der Waals surface area contributed by atoms with Gasteiger partial charge in [0.15, 0.2) is 17.2 Å². The van der Waals surface area contributed by atoms with Crippen LogP contribution < -0.4 is 15.8 Å². The minimum atomic E-state index is -5.08. The van der Waals surface area contributed by atoms with Gasteiger partial charge in [-0.2, -0.15) is 30.7 Å². The van der Waals surface area contributed by atoms with E-state index in [0.717, 1.165) is 26.2 Å². The third-order valence-electron chi connectivity index (χ3n) is 6.12. The molecule has 1 amide bonds. The molecule has 0 radical (unpaired) electrons. The number of pyridine rings is 1. The standard InChI is InChI=1S/C21H21F5N4O3.C2HF3O2/c1-9-14(11-4-5-12(22)15(23)16(11)32-3)17(33-20(9,2)21(24,25)26)19(31)30-10-6-7-29-13(8-10)18(27)28;3-2(4,5)1(6)7/h4-9,14,17H,1-3H3,(H3,27,28)(H,29,30,31);(H,6,7)/t9-,14-,17+,20+;/m0./s1. The van der Waals surface area contributed by atoms with E-state index in [0.29, 0.717) is 0 Å². The number of hydrogen-bond acceptors (Lipinski definition) is 6. The van der Waals surface area contributed by atoms with Gasteiger partial charge in [-0.15, -0.1) is 0 Å². The van der Waals surface area contributed by atoms with Crippen LogP contribution in [0.1, 0.15) is 31.0 Å². The van der Waals surface area contributed by atoms with Crippen LogP contribution in [0.15, 0.2) is 30.5 Å². The predicted molar refractivity (Wildman–Crippen MR) is 122 cm³/mol. The zero-order chi connectivity index (χ0) is 30.8. The molecule has 3 rings (SSSR count). The zero-order valence-electron chi connectivity index (χ0n) is 20.7. The number of benzene rings is 1. The molecule has 1 saturated heterocycles. The summed E-state index contributed by atoms with van der Waals surface area (Å²) in [4.78, 5) is 25.8. The Morgan fingerprint density at radius 1 is 1.18 bits per heavy atom. The number of amidine groups is 1. The number of methoxy groups -OCH3 is 1. The maximum atomic E-state index is 14.4. The van der Waals surface area contributed by atoms with Crippen LogP contribution in [-0.4, -0.2) is 59.0 Å². The van der Waals surface area contributed by atoms with E-state index in [2.05, 4.69) is 10.3 Å². The number of nitrogens with two attached hydrogens (primary N) is 1. The highest BCUT2D eigenvalue weighted by molar-refractivity contribution is 5.98. The van der Waals surface area contributed by atoms with Gasteiger partial charge in [0, 0.05) is 29.3 Å². The predicted octanol–water partition coefficient (Wildman–Crippen LogP) is 4.36. The molecule has 5 N–H and O–H groups in total. The lowest BCUT2D eigenvalue weighted by Gasteiger charge is -2.32. The number of nitrogens with zero attached hydrogens (tertiary/aromatic N) is 1. The van der Waals surface area contributed by atoms with Crippen LogP contribution in [0.3, 0.4) is 0 Å². The first-order valence-electron chi connectivity index (χ1n) is 10.9. The van der Waals surface area contributed by atoms with Gasteiger partial charge >= 0.3 is 18.3 Å². The summed E-state index contributed by atoms with van der Waals surface area (Å²) in [7, 11) is 1.04. The number of nitrogens with one attached hydrogen (secondary N) is 2. The molecule has 1 aliphatic heterocycles. The molecule has 40 heavy (non-hydrogen) atoms. The Hall–Kier alpha value is -4.02. The van der Waals surface area contributed by atoms with E-state index < -0.39 is 65.2 Å². The molecule has 220 valence electrons. The van der Waals surface area contributed by atoms with Gasteiger partial charge in [-0.25, -0.2) is 9.18 Å². The first-order chi connectivity index (χ1) is 18.3. The number of carbonyl (C=O) groups is 2. The van der Waals surface area contributed by atoms with Gasteiger partial charge in [0.25, 0.3) is 5.91 Å². The van der Waals surface area contributed by atoms with Crippen LogP contribution in [0.2, 0.25) is 0 Å². The zero-order valence-corrected chi connectivity index (χ0v) is 20.7. The highest BCUT2D eigenvalue weighted by atomic mass is 19.4. The fourth-order valence-electron chi connectivity index (χ4n) is 3.91. The molecular weight excluding hydrogens is 564 g/mol. The molecule has 1 aromatic heterocycles. The number of carbonyl (C=O) groups excluding carboxylic acids is 1. The van der Waals surface area contributed by atoms with Gasteiger partial charge in [-0.3, -0.25) is 15.2 Å². The Balaban J connectivity index is 0.000000708. The molecule has 0 bridgehead atoms. The second-order valence-electron chi connectivity index (χ2n) is 8.58. The largest absolute Gasteiger partial charge is 0.493 e. The van der Waals surface area contributed by atoms with Crippen LogP contribution in [0.5, 0.6) is 5.75 Å². The molecular formula is C23H22F8N4O5. The average Bonchev–Trinajstić information content (AvgIpc) is 3.12. The Morgan fingerprint density at radius 3 is 2.23 bits per heavy atom. The maximum Gasteiger partial charge on any atom is 0.490 e. The number of carboxylic acid groups (broad SMARTS) is 1. The summed E-state index contributed by atoms with van der Waals surface area (Å²) in [6.45, 7) is 2.01. The molecule has 2 heterocycles. The van der Waals surface area contributed by atoms with Gasteiger partial charge in [0.2, 0.25) is 5.82 Å². The Morgan fingerprint density at radius 2 is 1.75 bits per heavy atom. The normalized spacial score (nSPS) is 22.6. The number of rotatable bonds is 5. The number of hydrogen-bond donors (Lipinski definition) is 4. The van der Waals surface area contributed by atoms with Crippen molar-refractivity contribution in [3.05, 3.63) is 53.4 Å². The Bertz CT molecular complexity index is 1290. The summed E-state index contributed by atoms with van der Waals surface area (Å²) in [6.07, 6.45) is -10.4. The van der Waals surface area contributed by atoms with Crippen molar-refractivity contribution in [2.24, 2.45) is 11.7 Å². The number of alkyl halides is 6. The summed E-state index contributed by atoms with van der Waals surface area (Å²) >= 11 is 0. The lowest BCUT2D eigenvalue weighted by molar-refractivity contribution is -0.272. The molecule has 0 unspecified atom stereocenters. The number of aromatic nitrogens is 1. The van der Waals surface area contributed by atoms with Crippen molar-refractivity contribution in [1.29, 1.82) is 5.41 Å². The Kier molecular flexibility index (Phi) is 9.34. The van der Waals surface area contributed by atoms with E-state index in [1.54, 1.807) is 0 Å². The molecule has 9 nitrogen and oxygen atoms in total. The summed E-state index contributed by atoms with van der Waals surface area (Å²) in [5.74, 6) is -10.1. The minimum Gasteiger partial charge on any atom is -0.493 e. The van der Waals surface area contributed by atoms with Crippen molar-refractivity contribution >= 4 is 23.4 Å². The number of carboxylic acids is 1. The molecule has 2 aromatic rings. The third kappa shape index (κ3) is 6.57. The third-order valence-corrected chi connectivity index (χ3v) is 6.12. The summed E-state index contributed by atoms with van der Waals surface area (Å²) in [6, 6.07) is 4.43. The number of ether oxygens (including phenoxy) is 2. The molecule has 17 heteroatoms. The van der Waals surface area contributed by atoms with Crippen LogP contribution in [0.25, 0.3) is 0 Å². The molecule has 0 aliphatic carbocycles. The van der Waals surface area contributed by atoms with Crippen LogP contribution in [-0.2, 0) is 14.3 Å². The van der Waals surface area contributed by atoms with Gasteiger partial charge in [-0.1, -0.05) is 13.0 Å². The number of aliphatic carboxylic acids is 1. The van der Waals surface area contributed by atoms with Crippen molar-refractivity contribution < 1.29 is 59.3 Å². The van der Waals surface area contributed by atoms with Crippen molar-refractivity contribution in [3.8, 4) is 5.75 Å². The summed E-state index contributed by atoms with van der Waals surface area (Å²) < 4.78 is 112. The van der Waals surface area contributed by atoms with Crippen molar-refractivity contribution in [3.63, 3.8) is 0 Å². The van der Waals surface area contributed by atoms with Crippen LogP contribution in [0.4, 0.5) is 40.8 Å². The fourth-order valence-corrected chi connectivity index (χ4v) is 3.91. The van der Waals surface area contributed by atoms with Crippen LogP contribution >= 0.6 is 0 Å². The molecule has 0 saturated carbocycles. The second kappa shape index (κ2) is 11.6. The molecule has 1 fully saturated rings. The lowest BCUT2D eigenvalue weighted by atomic mass is 9.77. The Labute approximate surface area is 220 Å². The van der Waals surface area contributed by atoms with Crippen molar-refractivity contribution in [2.45, 2.75) is 43.8 Å². The summed E-state index contributed by atoms with van der Waals surface area (Å²) in [5, 5.41) is 17.0. The van der Waals surface area contributed by atoms with E-state index >= 15 is 0 Å². The van der Waals surface area contributed by atoms with E-state index in [1.165, 1.54) is 25.3 Å². The van der Waals surface area contributed by atoms with Crippen molar-refractivity contribution in [2.75, 3.05) is 12.4 Å². The maximum absolute atomic E-state index is 14.4. The van der Waals surface area contributed by atoms with Crippen molar-refractivity contribution in [1.82, 2.24) is 4.98 Å². The average molecular weight is 586 g/mol. The molecule has 1 aliphatic rings. The SMILES string of the molecule is COc1c([C@H]2[C@H](C(=O)Nc3ccnc(C(=N)N)c3)O[C@@](C)(C(F)(F)F)[C@H]2C)ccc(F)c1F.O=C(O)C(F)(F)F. The van der Waals surface area contributed by atoms with E-state index in [1.807, 2.05) is 0 Å². The summed E-state index contributed by atoms with van der Waals surface area (Å²) in [5.41, 5.74) is 2.60. The molecule has 1 aromatic carbocycles. The second-order valence-corrected chi connectivity index (χ2v) is 8.58. The van der Waals surface area contributed by atoms with E-state index in [9.17, 15) is 39.9 Å². The van der Waals surface area contributed by atoms with Gasteiger partial charge in [0.05, 0.1) is 7.11 Å². The first kappa shape index (κ1) is 32.2. The number of anilines is 1. The van der Waals surface area contributed by atoms with E-state index in [-0.39, 0.29) is 22.8 Å². The topological polar surface area (TPSA) is 148 Å². The van der Waals surface area contributed by atoms with Gasteiger partial charge < -0.3 is 25.6 Å². The quantitative estimate of drug-likeness (QED) is 0.231. The molecule has 4 atom stereocenters. The smallest absolute Gasteiger partial charge is 0.490 e. The minimum absolute atomic E-state index is 0.0347. The first-order valence-corrected chi connectivity index (χ1v) is 10.9. The fraction of sp³-hybridized carbons (Fsp3) is 0.391. The lowest BCUT2D eigenvalue weighted by Crippen LogP contribution is -2.47. The highest BCUT2D eigenvalue weighted by Gasteiger charge is 2.66. The number of halogens is 8. The molecule has 0 spiro atoms. The monoisotopic (exact) mass is 586 g/mol. The number of amides is 1. The van der Waals surface area contributed by atoms with E-state index in [4.69, 9.17) is 30.5 Å². The van der Waals surface area contributed by atoms with Crippen LogP contribution in [0, 0.1) is 23.0 Å². The highest BCUT2D eigenvalue weighted by Crippen LogP contribution is 2.55. The number of nitrogen functional groups attached to an aromatic ring is 1. The van der Waals surface area contributed by atoms with Gasteiger partial charge in [-0.05, 0) is 25.1 Å².